The van der Waals surface area contributed by atoms with Gasteiger partial charge < -0.3 is 14.2 Å². The van der Waals surface area contributed by atoms with E-state index in [4.69, 9.17) is 14.2 Å². The fraction of sp³-hybridized carbons (Fsp3) is 0.909. The number of carbonyl (C=O) groups excluding carboxylic acids is 1. The van der Waals surface area contributed by atoms with Crippen molar-refractivity contribution in [3.05, 3.63) is 0 Å². The number of ether oxygens (including phenoxy) is 3. The smallest absolute Gasteiger partial charge is 0.309 e. The van der Waals surface area contributed by atoms with Crippen molar-refractivity contribution >= 4 is 5.97 Å². The van der Waals surface area contributed by atoms with Crippen LogP contribution in [-0.4, -0.2) is 31.1 Å². The molecule has 0 N–H and O–H groups in total. The molecular formula is C11H16O4. The third kappa shape index (κ3) is 1.39. The number of carbonyl (C=O) groups is 1. The molecule has 2 saturated heterocycles. The van der Waals surface area contributed by atoms with Gasteiger partial charge in [-0.3, -0.25) is 4.79 Å². The molecule has 1 spiro atoms. The molecule has 0 bridgehead atoms. The Morgan fingerprint density at radius 1 is 1.33 bits per heavy atom. The molecule has 4 heteroatoms. The molecule has 84 valence electrons. The van der Waals surface area contributed by atoms with Gasteiger partial charge in [-0.05, 0) is 6.42 Å². The second kappa shape index (κ2) is 3.19. The van der Waals surface area contributed by atoms with Crippen LogP contribution in [0.3, 0.4) is 0 Å². The van der Waals surface area contributed by atoms with Gasteiger partial charge in [-0.2, -0.15) is 0 Å². The van der Waals surface area contributed by atoms with Crippen molar-refractivity contribution in [1.29, 1.82) is 0 Å². The maximum atomic E-state index is 11.4. The van der Waals surface area contributed by atoms with E-state index in [9.17, 15) is 4.79 Å². The van der Waals surface area contributed by atoms with Gasteiger partial charge in [0.1, 0.15) is 6.10 Å². The third-order valence-corrected chi connectivity index (χ3v) is 3.93. The Morgan fingerprint density at radius 2 is 2.07 bits per heavy atom. The summed E-state index contributed by atoms with van der Waals surface area (Å²) in [5, 5.41) is 0. The Kier molecular flexibility index (Phi) is 2.04. The number of rotatable bonds is 0. The predicted octanol–water partition coefficient (Wildman–Crippen LogP) is 1.09. The van der Waals surface area contributed by atoms with Crippen LogP contribution in [0.2, 0.25) is 0 Å². The minimum Gasteiger partial charge on any atom is -0.462 e. The van der Waals surface area contributed by atoms with Gasteiger partial charge in [-0.15, -0.1) is 0 Å². The van der Waals surface area contributed by atoms with Gasteiger partial charge in [0.25, 0.3) is 0 Å². The van der Waals surface area contributed by atoms with Crippen molar-refractivity contribution < 1.29 is 19.0 Å². The number of hydrogen-bond acceptors (Lipinski definition) is 4. The molecule has 3 rings (SSSR count). The molecule has 0 radical (unpaired) electrons. The van der Waals surface area contributed by atoms with Crippen LogP contribution in [0.5, 0.6) is 0 Å². The van der Waals surface area contributed by atoms with E-state index in [1.807, 2.05) is 6.92 Å². The molecule has 1 saturated carbocycles. The second-order valence-corrected chi connectivity index (χ2v) is 4.78. The van der Waals surface area contributed by atoms with Crippen molar-refractivity contribution in [3.63, 3.8) is 0 Å². The second-order valence-electron chi connectivity index (χ2n) is 4.78. The van der Waals surface area contributed by atoms with Crippen LogP contribution in [-0.2, 0) is 19.0 Å². The first-order valence-corrected chi connectivity index (χ1v) is 5.69. The molecule has 0 amide bonds. The Bertz CT molecular complexity index is 282. The highest BCUT2D eigenvalue weighted by atomic mass is 16.7. The lowest BCUT2D eigenvalue weighted by Crippen LogP contribution is -2.42. The topological polar surface area (TPSA) is 44.8 Å². The molecular weight excluding hydrogens is 196 g/mol. The zero-order valence-electron chi connectivity index (χ0n) is 8.90. The zero-order chi connectivity index (χ0) is 10.5. The minimum absolute atomic E-state index is 0.0000231. The summed E-state index contributed by atoms with van der Waals surface area (Å²) in [6.45, 7) is 3.31. The van der Waals surface area contributed by atoms with Gasteiger partial charge in [0.15, 0.2) is 5.79 Å². The maximum Gasteiger partial charge on any atom is 0.309 e. The van der Waals surface area contributed by atoms with Crippen molar-refractivity contribution in [3.8, 4) is 0 Å². The van der Waals surface area contributed by atoms with Gasteiger partial charge in [-0.25, -0.2) is 0 Å². The molecule has 0 unspecified atom stereocenters. The maximum absolute atomic E-state index is 11.4. The lowest BCUT2D eigenvalue weighted by Gasteiger charge is -2.37. The molecule has 2 heterocycles. The first-order chi connectivity index (χ1) is 7.20. The zero-order valence-corrected chi connectivity index (χ0v) is 8.90. The van der Waals surface area contributed by atoms with Crippen LogP contribution in [0.25, 0.3) is 0 Å². The van der Waals surface area contributed by atoms with Crippen molar-refractivity contribution in [2.45, 2.75) is 38.1 Å². The molecule has 4 nitrogen and oxygen atoms in total. The number of esters is 1. The predicted molar refractivity (Wildman–Crippen MR) is 51.0 cm³/mol. The highest BCUT2D eigenvalue weighted by Gasteiger charge is 2.52. The van der Waals surface area contributed by atoms with E-state index in [1.165, 1.54) is 0 Å². The van der Waals surface area contributed by atoms with E-state index in [-0.39, 0.29) is 23.9 Å². The van der Waals surface area contributed by atoms with Gasteiger partial charge in [0.05, 0.1) is 19.1 Å². The van der Waals surface area contributed by atoms with E-state index >= 15 is 0 Å². The van der Waals surface area contributed by atoms with Crippen molar-refractivity contribution in [2.24, 2.45) is 11.8 Å². The standard InChI is InChI=1S/C11H16O4/c1-7-8-6-11(13-4-5-14-11)3-2-9(8)15-10(7)12/h7-9H,2-6H2,1H3/t7-,8-,9-/m0/s1. The summed E-state index contributed by atoms with van der Waals surface area (Å²) in [4.78, 5) is 11.4. The molecule has 0 aromatic heterocycles. The number of hydrogen-bond donors (Lipinski definition) is 0. The van der Waals surface area contributed by atoms with Gasteiger partial charge in [-0.1, -0.05) is 6.92 Å². The summed E-state index contributed by atoms with van der Waals surface area (Å²) < 4.78 is 16.7. The minimum atomic E-state index is -0.399. The van der Waals surface area contributed by atoms with Gasteiger partial charge in [0.2, 0.25) is 0 Å². The molecule has 2 aliphatic heterocycles. The van der Waals surface area contributed by atoms with Crippen LogP contribution < -0.4 is 0 Å². The average molecular weight is 212 g/mol. The SMILES string of the molecule is C[C@@H]1C(=O)O[C@H]2CCC3(C[C@H]21)OCCO3. The summed E-state index contributed by atoms with van der Waals surface area (Å²) >= 11 is 0. The summed E-state index contributed by atoms with van der Waals surface area (Å²) in [5.74, 6) is -0.173. The third-order valence-electron chi connectivity index (χ3n) is 3.93. The van der Waals surface area contributed by atoms with Gasteiger partial charge in [0, 0.05) is 18.8 Å². The first kappa shape index (κ1) is 9.60. The summed E-state index contributed by atoms with van der Waals surface area (Å²) in [7, 11) is 0. The lowest BCUT2D eigenvalue weighted by molar-refractivity contribution is -0.198. The fourth-order valence-electron chi connectivity index (χ4n) is 3.00. The van der Waals surface area contributed by atoms with Crippen molar-refractivity contribution in [1.82, 2.24) is 0 Å². The van der Waals surface area contributed by atoms with E-state index in [2.05, 4.69) is 0 Å². The molecule has 1 aliphatic carbocycles. The quantitative estimate of drug-likeness (QED) is 0.564. The van der Waals surface area contributed by atoms with Crippen LogP contribution in [0.1, 0.15) is 26.2 Å². The Morgan fingerprint density at radius 3 is 2.80 bits per heavy atom. The molecule has 3 fully saturated rings. The summed E-state index contributed by atoms with van der Waals surface area (Å²) in [6.07, 6.45) is 2.64. The molecule has 0 aromatic rings. The Labute approximate surface area is 88.9 Å². The highest BCUT2D eigenvalue weighted by molar-refractivity contribution is 5.74. The van der Waals surface area contributed by atoms with Crippen LogP contribution in [0.15, 0.2) is 0 Å². The normalized spacial score (nSPS) is 43.0. The van der Waals surface area contributed by atoms with Crippen LogP contribution in [0, 0.1) is 11.8 Å². The number of fused-ring (bicyclic) bond motifs is 1. The van der Waals surface area contributed by atoms with Gasteiger partial charge >= 0.3 is 5.97 Å². The summed E-state index contributed by atoms with van der Waals surface area (Å²) in [5.41, 5.74) is 0. The monoisotopic (exact) mass is 212 g/mol. The largest absolute Gasteiger partial charge is 0.462 e. The Balaban J connectivity index is 1.79. The van der Waals surface area contributed by atoms with E-state index in [0.29, 0.717) is 13.2 Å². The molecule has 15 heavy (non-hydrogen) atoms. The highest BCUT2D eigenvalue weighted by Crippen LogP contribution is 2.46. The summed E-state index contributed by atoms with van der Waals surface area (Å²) in [6, 6.07) is 0. The lowest BCUT2D eigenvalue weighted by atomic mass is 9.78. The van der Waals surface area contributed by atoms with E-state index < -0.39 is 5.79 Å². The van der Waals surface area contributed by atoms with Crippen molar-refractivity contribution in [2.75, 3.05) is 13.2 Å². The molecule has 3 aliphatic rings. The average Bonchev–Trinajstić information content (AvgIpc) is 2.78. The van der Waals surface area contributed by atoms with E-state index in [1.54, 1.807) is 0 Å². The van der Waals surface area contributed by atoms with E-state index in [0.717, 1.165) is 19.3 Å². The van der Waals surface area contributed by atoms with Crippen LogP contribution >= 0.6 is 0 Å². The van der Waals surface area contributed by atoms with Crippen LogP contribution in [0.4, 0.5) is 0 Å². The first-order valence-electron chi connectivity index (χ1n) is 5.69. The fourth-order valence-corrected chi connectivity index (χ4v) is 3.00. The molecule has 0 aromatic carbocycles. The Hall–Kier alpha value is -0.610. The molecule has 3 atom stereocenters.